The molecule has 4 heterocycles. The summed E-state index contributed by atoms with van der Waals surface area (Å²) in [5.41, 5.74) is 1.23. The topological polar surface area (TPSA) is 95.9 Å². The predicted molar refractivity (Wildman–Crippen MR) is 90.1 cm³/mol. The summed E-state index contributed by atoms with van der Waals surface area (Å²) >= 11 is 0. The van der Waals surface area contributed by atoms with E-state index in [-0.39, 0.29) is 0 Å². The maximum absolute atomic E-state index is 11.6. The van der Waals surface area contributed by atoms with Crippen LogP contribution >= 0.6 is 10.6 Å². The van der Waals surface area contributed by atoms with Gasteiger partial charge in [-0.05, 0) is 29.1 Å². The molecule has 4 rings (SSSR count). The van der Waals surface area contributed by atoms with Gasteiger partial charge in [0.15, 0.2) is 10.8 Å². The van der Waals surface area contributed by atoms with Crippen molar-refractivity contribution >= 4 is 33.3 Å². The average molecular weight is 361 g/mol. The molecule has 25 heavy (non-hydrogen) atoms. The highest BCUT2D eigenvalue weighted by Crippen LogP contribution is 2.62. The maximum Gasteiger partial charge on any atom is 0.442 e. The van der Waals surface area contributed by atoms with Crippen molar-refractivity contribution in [3.63, 3.8) is 0 Å². The quantitative estimate of drug-likeness (QED) is 0.760. The normalized spacial score (nSPS) is 19.6. The Balaban J connectivity index is 1.67. The smallest absolute Gasteiger partial charge is 0.442 e. The van der Waals surface area contributed by atoms with Gasteiger partial charge in [-0.1, -0.05) is 6.92 Å². The SMILES string of the molecule is CCCn1cnc(CC2=NC(c3ccco3)=CS23OC(=O)C(=O)O3)c1. The van der Waals surface area contributed by atoms with Crippen LogP contribution in [0.15, 0.2) is 45.7 Å². The molecular weight excluding hydrogens is 346 g/mol. The van der Waals surface area contributed by atoms with Crippen molar-refractivity contribution < 1.29 is 22.4 Å². The van der Waals surface area contributed by atoms with E-state index in [1.807, 2.05) is 10.8 Å². The van der Waals surface area contributed by atoms with E-state index >= 15 is 0 Å². The molecule has 0 unspecified atom stereocenters. The zero-order chi connectivity index (χ0) is 17.4. The van der Waals surface area contributed by atoms with Crippen molar-refractivity contribution in [1.29, 1.82) is 0 Å². The molecule has 0 radical (unpaired) electrons. The third-order valence-electron chi connectivity index (χ3n) is 3.68. The Hall–Kier alpha value is -2.81. The number of rotatable bonds is 5. The lowest BCUT2D eigenvalue weighted by molar-refractivity contribution is -0.150. The second-order valence-electron chi connectivity index (χ2n) is 5.55. The Bertz CT molecular complexity index is 881. The Morgan fingerprint density at radius 2 is 2.04 bits per heavy atom. The molecule has 0 aromatic carbocycles. The molecule has 0 amide bonds. The van der Waals surface area contributed by atoms with E-state index in [2.05, 4.69) is 16.9 Å². The monoisotopic (exact) mass is 361 g/mol. The first kappa shape index (κ1) is 15.7. The summed E-state index contributed by atoms with van der Waals surface area (Å²) in [6.07, 6.45) is 6.47. The lowest BCUT2D eigenvalue weighted by atomic mass is 10.3. The molecule has 9 heteroatoms. The van der Waals surface area contributed by atoms with Crippen LogP contribution in [-0.4, -0.2) is 26.5 Å². The fourth-order valence-electron chi connectivity index (χ4n) is 2.60. The third-order valence-corrected chi connectivity index (χ3v) is 5.90. The van der Waals surface area contributed by atoms with Crippen LogP contribution in [0.2, 0.25) is 0 Å². The summed E-state index contributed by atoms with van der Waals surface area (Å²) < 4.78 is 17.9. The highest BCUT2D eigenvalue weighted by Gasteiger charge is 2.47. The third kappa shape index (κ3) is 2.76. The zero-order valence-electron chi connectivity index (χ0n) is 13.4. The molecule has 1 saturated heterocycles. The molecule has 0 aliphatic carbocycles. The molecule has 0 bridgehead atoms. The van der Waals surface area contributed by atoms with Gasteiger partial charge in [-0.15, -0.1) is 0 Å². The number of aromatic nitrogens is 2. The molecule has 130 valence electrons. The summed E-state index contributed by atoms with van der Waals surface area (Å²) in [7, 11) is -2.66. The lowest BCUT2D eigenvalue weighted by Gasteiger charge is -2.28. The van der Waals surface area contributed by atoms with Crippen molar-refractivity contribution in [2.75, 3.05) is 0 Å². The summed E-state index contributed by atoms with van der Waals surface area (Å²) in [6, 6.07) is 3.46. The second-order valence-corrected chi connectivity index (χ2v) is 7.68. The van der Waals surface area contributed by atoms with Crippen LogP contribution < -0.4 is 0 Å². The summed E-state index contributed by atoms with van der Waals surface area (Å²) in [5, 5.41) is 2.02. The largest absolute Gasteiger partial charge is 0.463 e. The Morgan fingerprint density at radius 3 is 2.72 bits per heavy atom. The molecule has 0 atom stereocenters. The van der Waals surface area contributed by atoms with E-state index in [0.29, 0.717) is 22.9 Å². The van der Waals surface area contributed by atoms with Crippen molar-refractivity contribution in [2.45, 2.75) is 26.3 Å². The molecule has 2 aromatic rings. The van der Waals surface area contributed by atoms with Crippen LogP contribution in [0, 0.1) is 0 Å². The number of aryl methyl sites for hydroxylation is 1. The van der Waals surface area contributed by atoms with Gasteiger partial charge in [0.1, 0.15) is 5.70 Å². The number of furan rings is 1. The highest BCUT2D eigenvalue weighted by atomic mass is 32.3. The number of carbonyl (C=O) groups excluding carboxylic acids is 2. The van der Waals surface area contributed by atoms with Gasteiger partial charge in [-0.3, -0.25) is 0 Å². The fraction of sp³-hybridized carbons (Fsp3) is 0.250. The van der Waals surface area contributed by atoms with Crippen LogP contribution in [0.4, 0.5) is 0 Å². The number of hydrogen-bond donors (Lipinski definition) is 0. The van der Waals surface area contributed by atoms with Crippen molar-refractivity contribution in [3.8, 4) is 0 Å². The van der Waals surface area contributed by atoms with Crippen LogP contribution in [0.5, 0.6) is 0 Å². The Kier molecular flexibility index (Phi) is 3.72. The van der Waals surface area contributed by atoms with Crippen LogP contribution in [-0.2, 0) is 30.9 Å². The summed E-state index contributed by atoms with van der Waals surface area (Å²) in [5.74, 6) is -1.50. The first-order valence-electron chi connectivity index (χ1n) is 7.74. The van der Waals surface area contributed by atoms with Crippen LogP contribution in [0.25, 0.3) is 5.70 Å². The lowest BCUT2D eigenvalue weighted by Crippen LogP contribution is -2.11. The molecule has 8 nitrogen and oxygen atoms in total. The van der Waals surface area contributed by atoms with Crippen molar-refractivity contribution in [2.24, 2.45) is 4.99 Å². The molecule has 2 aromatic heterocycles. The highest BCUT2D eigenvalue weighted by molar-refractivity contribution is 8.41. The first-order valence-corrected chi connectivity index (χ1v) is 9.28. The number of imidazole rings is 1. The van der Waals surface area contributed by atoms with Gasteiger partial charge >= 0.3 is 11.9 Å². The van der Waals surface area contributed by atoms with E-state index in [9.17, 15) is 9.59 Å². The van der Waals surface area contributed by atoms with Gasteiger partial charge < -0.3 is 17.4 Å². The second kappa shape index (κ2) is 5.92. The van der Waals surface area contributed by atoms with Crippen molar-refractivity contribution in [1.82, 2.24) is 9.55 Å². The fourth-order valence-corrected chi connectivity index (χ4v) is 4.69. The van der Waals surface area contributed by atoms with E-state index in [1.165, 1.54) is 6.26 Å². The molecule has 2 aliphatic rings. The number of hydrogen-bond acceptors (Lipinski definition) is 7. The number of nitrogens with zero attached hydrogens (tertiary/aromatic N) is 3. The molecule has 0 N–H and O–H groups in total. The van der Waals surface area contributed by atoms with Crippen molar-refractivity contribution in [3.05, 3.63) is 47.8 Å². The minimum Gasteiger partial charge on any atom is -0.463 e. The molecular formula is C16H15N3O5S. The minimum absolute atomic E-state index is 0.313. The summed E-state index contributed by atoms with van der Waals surface area (Å²) in [6.45, 7) is 2.94. The molecule has 2 aliphatic heterocycles. The molecule has 0 saturated carbocycles. The Morgan fingerprint density at radius 1 is 1.24 bits per heavy atom. The minimum atomic E-state index is -2.66. The van der Waals surface area contributed by atoms with Gasteiger partial charge in [0.2, 0.25) is 0 Å². The van der Waals surface area contributed by atoms with E-state index < -0.39 is 22.5 Å². The average Bonchev–Trinajstić information content (AvgIpc) is 3.32. The predicted octanol–water partition coefficient (Wildman–Crippen LogP) is 2.57. The summed E-state index contributed by atoms with van der Waals surface area (Å²) in [4.78, 5) is 32.1. The molecule has 1 spiro atoms. The van der Waals surface area contributed by atoms with E-state index in [4.69, 9.17) is 12.8 Å². The van der Waals surface area contributed by atoms with Gasteiger partial charge in [0, 0.05) is 12.7 Å². The van der Waals surface area contributed by atoms with Gasteiger partial charge in [0.05, 0.1) is 30.1 Å². The maximum atomic E-state index is 11.6. The standard InChI is InChI=1S/C16H15N3O5S/c1-2-5-19-8-11(17-10-19)7-14-18-12(13-4-3-6-22-13)9-25(14)23-15(20)16(21)24-25/h3-4,6,8-10H,2,5,7H2,1H3. The van der Waals surface area contributed by atoms with Gasteiger partial charge in [-0.25, -0.2) is 19.6 Å². The Labute approximate surface area is 144 Å². The zero-order valence-corrected chi connectivity index (χ0v) is 14.2. The van der Waals surface area contributed by atoms with Gasteiger partial charge in [-0.2, -0.15) is 0 Å². The van der Waals surface area contributed by atoms with Crippen LogP contribution in [0.3, 0.4) is 0 Å². The first-order chi connectivity index (χ1) is 12.1. The van der Waals surface area contributed by atoms with E-state index in [0.717, 1.165) is 18.7 Å². The van der Waals surface area contributed by atoms with Gasteiger partial charge in [0.25, 0.3) is 0 Å². The van der Waals surface area contributed by atoms with E-state index in [1.54, 1.807) is 23.9 Å². The number of aliphatic imine (C=N–C) groups is 1. The number of carbonyl (C=O) groups is 2. The van der Waals surface area contributed by atoms with Crippen LogP contribution in [0.1, 0.15) is 24.8 Å². The molecule has 1 fully saturated rings.